The van der Waals surface area contributed by atoms with Crippen molar-refractivity contribution in [3.8, 4) is 0 Å². The molecule has 20 heavy (non-hydrogen) atoms. The Morgan fingerprint density at radius 1 is 1.00 bits per heavy atom. The molecule has 0 aromatic heterocycles. The molecule has 0 spiro atoms. The molecule has 1 aromatic rings. The molecule has 1 aromatic carbocycles. The number of nitrogens with one attached hydrogen (secondary N) is 2. The average molecular weight is 341 g/mol. The summed E-state index contributed by atoms with van der Waals surface area (Å²) in [6.07, 6.45) is -0.547. The van der Waals surface area contributed by atoms with Crippen molar-refractivity contribution in [1.82, 2.24) is 10.6 Å². The Morgan fingerprint density at radius 2 is 1.45 bits per heavy atom. The molecule has 0 aliphatic rings. The van der Waals surface area contributed by atoms with Crippen LogP contribution in [0.3, 0.4) is 0 Å². The molecule has 108 valence electrons. The van der Waals surface area contributed by atoms with Crippen LogP contribution in [-0.4, -0.2) is 23.8 Å². The summed E-state index contributed by atoms with van der Waals surface area (Å²) in [5, 5.41) is 5.03. The van der Waals surface area contributed by atoms with Gasteiger partial charge in [0, 0.05) is 22.9 Å². The summed E-state index contributed by atoms with van der Waals surface area (Å²) in [5.41, 5.74) is 0.422. The third-order valence-electron chi connectivity index (χ3n) is 2.64. The van der Waals surface area contributed by atoms with Crippen LogP contribution in [-0.2, 0) is 9.59 Å². The van der Waals surface area contributed by atoms with E-state index in [9.17, 15) is 14.4 Å². The third kappa shape index (κ3) is 4.77. The van der Waals surface area contributed by atoms with E-state index in [1.807, 2.05) is 0 Å². The van der Waals surface area contributed by atoms with Crippen molar-refractivity contribution in [2.75, 3.05) is 0 Å². The van der Waals surface area contributed by atoms with Crippen molar-refractivity contribution >= 4 is 33.5 Å². The van der Waals surface area contributed by atoms with Gasteiger partial charge in [0.15, 0.2) is 6.17 Å². The van der Waals surface area contributed by atoms with Gasteiger partial charge in [-0.2, -0.15) is 0 Å². The van der Waals surface area contributed by atoms with Crippen LogP contribution in [0.4, 0.5) is 0 Å². The van der Waals surface area contributed by atoms with Crippen molar-refractivity contribution < 1.29 is 14.4 Å². The highest BCUT2D eigenvalue weighted by atomic mass is 79.9. The molecule has 0 saturated carbocycles. The van der Waals surface area contributed by atoms with Gasteiger partial charge in [-0.3, -0.25) is 14.4 Å². The first-order chi connectivity index (χ1) is 9.47. The predicted octanol–water partition coefficient (Wildman–Crippen LogP) is 2.01. The predicted molar refractivity (Wildman–Crippen MR) is 79.1 cm³/mol. The first kappa shape index (κ1) is 16.4. The molecule has 0 heterocycles. The van der Waals surface area contributed by atoms with E-state index in [4.69, 9.17) is 0 Å². The number of benzene rings is 1. The second-order valence-corrected chi connectivity index (χ2v) is 5.06. The highest BCUT2D eigenvalue weighted by Gasteiger charge is 2.22. The summed E-state index contributed by atoms with van der Waals surface area (Å²) in [6, 6.07) is 6.73. The lowest BCUT2D eigenvalue weighted by Gasteiger charge is -2.18. The van der Waals surface area contributed by atoms with E-state index in [2.05, 4.69) is 26.6 Å². The summed E-state index contributed by atoms with van der Waals surface area (Å²) in [6.45, 7) is 3.36. The number of Topliss-reactive ketones (excluding diaryl/α,β-unsaturated/α-hetero) is 1. The fourth-order valence-electron chi connectivity index (χ4n) is 1.47. The quantitative estimate of drug-likeness (QED) is 0.614. The minimum atomic E-state index is -1.03. The van der Waals surface area contributed by atoms with Gasteiger partial charge in [-0.1, -0.05) is 41.9 Å². The van der Waals surface area contributed by atoms with Crippen molar-refractivity contribution in [3.63, 3.8) is 0 Å². The molecule has 2 N–H and O–H groups in total. The van der Waals surface area contributed by atoms with Crippen LogP contribution in [0, 0.1) is 0 Å². The van der Waals surface area contributed by atoms with E-state index in [1.54, 1.807) is 38.1 Å². The number of carbonyl (C=O) groups excluding carboxylic acids is 3. The van der Waals surface area contributed by atoms with Crippen LogP contribution in [0.5, 0.6) is 0 Å². The standard InChI is InChI=1S/C14H17BrN2O3/c1-3-11(18)16-14(17-12(19)4-2)13(20)9-5-7-10(15)8-6-9/h5-8,14H,3-4H2,1-2H3,(H,16,18)(H,17,19). The van der Waals surface area contributed by atoms with Gasteiger partial charge in [-0.25, -0.2) is 0 Å². The second-order valence-electron chi connectivity index (χ2n) is 4.15. The number of carbonyl (C=O) groups is 3. The largest absolute Gasteiger partial charge is 0.329 e. The van der Waals surface area contributed by atoms with Gasteiger partial charge in [0.2, 0.25) is 17.6 Å². The highest BCUT2D eigenvalue weighted by Crippen LogP contribution is 2.11. The second kappa shape index (κ2) is 7.79. The number of hydrogen-bond donors (Lipinski definition) is 2. The Hall–Kier alpha value is -1.69. The molecule has 0 aliphatic heterocycles. The Bertz CT molecular complexity index is 482. The van der Waals surface area contributed by atoms with E-state index in [0.717, 1.165) is 4.47 Å². The molecule has 0 bridgehead atoms. The normalized spacial score (nSPS) is 10.2. The summed E-state index contributed by atoms with van der Waals surface area (Å²) in [5.74, 6) is -0.935. The van der Waals surface area contributed by atoms with Crippen LogP contribution < -0.4 is 10.6 Å². The maximum Gasteiger partial charge on any atom is 0.221 e. The zero-order valence-electron chi connectivity index (χ0n) is 11.4. The highest BCUT2D eigenvalue weighted by molar-refractivity contribution is 9.10. The van der Waals surface area contributed by atoms with Gasteiger partial charge in [-0.15, -0.1) is 0 Å². The lowest BCUT2D eigenvalue weighted by Crippen LogP contribution is -2.52. The fraction of sp³-hybridized carbons (Fsp3) is 0.357. The molecule has 0 atom stereocenters. The number of amides is 2. The van der Waals surface area contributed by atoms with E-state index < -0.39 is 6.17 Å². The molecule has 0 fully saturated rings. The lowest BCUT2D eigenvalue weighted by molar-refractivity contribution is -0.123. The van der Waals surface area contributed by atoms with Gasteiger partial charge in [0.05, 0.1) is 0 Å². The molecule has 0 saturated heterocycles. The molecule has 6 heteroatoms. The van der Waals surface area contributed by atoms with Gasteiger partial charge < -0.3 is 10.6 Å². The van der Waals surface area contributed by atoms with Crippen LogP contribution in [0.15, 0.2) is 28.7 Å². The Kier molecular flexibility index (Phi) is 6.38. The maximum atomic E-state index is 12.3. The first-order valence-electron chi connectivity index (χ1n) is 6.36. The van der Waals surface area contributed by atoms with Gasteiger partial charge in [0.1, 0.15) is 0 Å². The fourth-order valence-corrected chi connectivity index (χ4v) is 1.74. The van der Waals surface area contributed by atoms with Gasteiger partial charge >= 0.3 is 0 Å². The lowest BCUT2D eigenvalue weighted by atomic mass is 10.1. The zero-order valence-corrected chi connectivity index (χ0v) is 13.0. The molecular formula is C14H17BrN2O3. The number of hydrogen-bond acceptors (Lipinski definition) is 3. The zero-order chi connectivity index (χ0) is 15.1. The molecule has 2 amide bonds. The first-order valence-corrected chi connectivity index (χ1v) is 7.15. The van der Waals surface area contributed by atoms with E-state index in [-0.39, 0.29) is 30.4 Å². The summed E-state index contributed by atoms with van der Waals surface area (Å²) in [7, 11) is 0. The molecule has 0 radical (unpaired) electrons. The topological polar surface area (TPSA) is 75.3 Å². The summed E-state index contributed by atoms with van der Waals surface area (Å²) >= 11 is 3.28. The summed E-state index contributed by atoms with van der Waals surface area (Å²) < 4.78 is 0.848. The molecule has 5 nitrogen and oxygen atoms in total. The monoisotopic (exact) mass is 340 g/mol. The molecule has 0 unspecified atom stereocenters. The van der Waals surface area contributed by atoms with Crippen molar-refractivity contribution in [2.45, 2.75) is 32.9 Å². The Morgan fingerprint density at radius 3 is 1.85 bits per heavy atom. The molecular weight excluding hydrogens is 324 g/mol. The van der Waals surface area contributed by atoms with Gasteiger partial charge in [0.25, 0.3) is 0 Å². The van der Waals surface area contributed by atoms with E-state index in [0.29, 0.717) is 5.56 Å². The smallest absolute Gasteiger partial charge is 0.221 e. The van der Waals surface area contributed by atoms with Gasteiger partial charge in [-0.05, 0) is 12.1 Å². The summed E-state index contributed by atoms with van der Waals surface area (Å²) in [4.78, 5) is 35.2. The van der Waals surface area contributed by atoms with E-state index >= 15 is 0 Å². The van der Waals surface area contributed by atoms with Crippen molar-refractivity contribution in [3.05, 3.63) is 34.3 Å². The number of ketones is 1. The molecule has 1 rings (SSSR count). The Labute approximate surface area is 126 Å². The minimum Gasteiger partial charge on any atom is -0.329 e. The molecule has 0 aliphatic carbocycles. The van der Waals surface area contributed by atoms with Crippen LogP contribution >= 0.6 is 15.9 Å². The van der Waals surface area contributed by atoms with Crippen LogP contribution in [0.2, 0.25) is 0 Å². The number of halogens is 1. The van der Waals surface area contributed by atoms with Crippen molar-refractivity contribution in [2.24, 2.45) is 0 Å². The average Bonchev–Trinajstić information content (AvgIpc) is 2.46. The Balaban J connectivity index is 2.90. The van der Waals surface area contributed by atoms with E-state index in [1.165, 1.54) is 0 Å². The van der Waals surface area contributed by atoms with Crippen molar-refractivity contribution in [1.29, 1.82) is 0 Å². The van der Waals surface area contributed by atoms with Crippen LogP contribution in [0.1, 0.15) is 37.0 Å². The minimum absolute atomic E-state index is 0.242. The third-order valence-corrected chi connectivity index (χ3v) is 3.17. The maximum absolute atomic E-state index is 12.3. The SMILES string of the molecule is CCC(=O)NC(NC(=O)CC)C(=O)c1ccc(Br)cc1. The number of rotatable bonds is 6. The van der Waals surface area contributed by atoms with Crippen LogP contribution in [0.25, 0.3) is 0 Å².